The van der Waals surface area contributed by atoms with Gasteiger partial charge in [-0.15, -0.1) is 0 Å². The second-order valence-electron chi connectivity index (χ2n) is 5.20. The van der Waals surface area contributed by atoms with E-state index in [4.69, 9.17) is 11.6 Å². The Bertz CT molecular complexity index is 877. The van der Waals surface area contributed by atoms with Crippen LogP contribution in [0.15, 0.2) is 48.9 Å². The highest BCUT2D eigenvalue weighted by molar-refractivity contribution is 6.39. The molecule has 0 radical (unpaired) electrons. The fourth-order valence-corrected chi connectivity index (χ4v) is 2.54. The van der Waals surface area contributed by atoms with E-state index in [2.05, 4.69) is 20.6 Å². The molecule has 24 heavy (non-hydrogen) atoms. The summed E-state index contributed by atoms with van der Waals surface area (Å²) in [5.74, 6) is -1.38. The van der Waals surface area contributed by atoms with Crippen LogP contribution in [0.25, 0.3) is 10.9 Å². The van der Waals surface area contributed by atoms with Crippen LogP contribution in [0, 0.1) is 0 Å². The van der Waals surface area contributed by atoms with E-state index >= 15 is 0 Å². The highest BCUT2D eigenvalue weighted by Gasteiger charge is 2.13. The van der Waals surface area contributed by atoms with E-state index in [9.17, 15) is 9.59 Å². The number of aromatic nitrogens is 2. The molecule has 0 atom stereocenters. The molecule has 0 fully saturated rings. The molecule has 0 bridgehead atoms. The summed E-state index contributed by atoms with van der Waals surface area (Å²) in [7, 11) is 0. The first kappa shape index (κ1) is 16.0. The summed E-state index contributed by atoms with van der Waals surface area (Å²) in [6, 6.07) is 8.82. The molecule has 3 rings (SSSR count). The molecule has 0 unspecified atom stereocenters. The smallest absolute Gasteiger partial charge is 0.313 e. The zero-order valence-corrected chi connectivity index (χ0v) is 13.4. The van der Waals surface area contributed by atoms with E-state index in [0.29, 0.717) is 23.7 Å². The lowest BCUT2D eigenvalue weighted by atomic mass is 10.1. The lowest BCUT2D eigenvalue weighted by Gasteiger charge is -2.06. The summed E-state index contributed by atoms with van der Waals surface area (Å²) in [4.78, 5) is 30.6. The van der Waals surface area contributed by atoms with Crippen molar-refractivity contribution in [3.8, 4) is 0 Å². The Labute approximate surface area is 143 Å². The third-order valence-electron chi connectivity index (χ3n) is 3.55. The normalized spacial score (nSPS) is 10.5. The Morgan fingerprint density at radius 2 is 1.92 bits per heavy atom. The number of carbonyl (C=O) groups is 2. The van der Waals surface area contributed by atoms with Crippen molar-refractivity contribution in [1.82, 2.24) is 15.3 Å². The van der Waals surface area contributed by atoms with E-state index in [1.54, 1.807) is 12.1 Å². The number of anilines is 1. The van der Waals surface area contributed by atoms with Crippen molar-refractivity contribution in [1.29, 1.82) is 0 Å². The first-order valence-electron chi connectivity index (χ1n) is 7.38. The fraction of sp³-hybridized carbons (Fsp3) is 0.118. The number of rotatable bonds is 4. The monoisotopic (exact) mass is 342 g/mol. The number of nitrogens with zero attached hydrogens (tertiary/aromatic N) is 1. The Morgan fingerprint density at radius 1 is 1.12 bits per heavy atom. The molecule has 7 heteroatoms. The lowest BCUT2D eigenvalue weighted by Crippen LogP contribution is -2.36. The minimum Gasteiger partial charge on any atom is -0.361 e. The zero-order chi connectivity index (χ0) is 16.9. The number of aromatic amines is 1. The first-order chi connectivity index (χ1) is 11.6. The molecule has 122 valence electrons. The van der Waals surface area contributed by atoms with Crippen molar-refractivity contribution >= 4 is 40.0 Å². The number of nitrogens with one attached hydrogen (secondary N) is 3. The first-order valence-corrected chi connectivity index (χ1v) is 7.76. The molecule has 3 N–H and O–H groups in total. The Kier molecular flexibility index (Phi) is 4.77. The molecular formula is C17H15ClN4O2. The fourth-order valence-electron chi connectivity index (χ4n) is 2.37. The van der Waals surface area contributed by atoms with Crippen LogP contribution in [0.2, 0.25) is 5.02 Å². The van der Waals surface area contributed by atoms with Crippen LogP contribution in [-0.4, -0.2) is 28.3 Å². The molecule has 0 saturated heterocycles. The molecule has 0 spiro atoms. The number of amides is 2. The van der Waals surface area contributed by atoms with Gasteiger partial charge in [0.05, 0.1) is 0 Å². The van der Waals surface area contributed by atoms with Gasteiger partial charge in [0.25, 0.3) is 0 Å². The minimum absolute atomic E-state index is 0.349. The van der Waals surface area contributed by atoms with Crippen molar-refractivity contribution in [2.45, 2.75) is 6.42 Å². The molecule has 0 aliphatic carbocycles. The molecule has 6 nitrogen and oxygen atoms in total. The third kappa shape index (κ3) is 3.72. The highest BCUT2D eigenvalue weighted by Crippen LogP contribution is 2.22. The number of fused-ring (bicyclic) bond motifs is 1. The second kappa shape index (κ2) is 7.14. The quantitative estimate of drug-likeness (QED) is 0.637. The Balaban J connectivity index is 1.54. The number of hydrogen-bond donors (Lipinski definition) is 3. The van der Waals surface area contributed by atoms with Gasteiger partial charge in [-0.25, -0.2) is 0 Å². The lowest BCUT2D eigenvalue weighted by molar-refractivity contribution is -0.136. The number of benzene rings is 1. The maximum atomic E-state index is 11.8. The summed E-state index contributed by atoms with van der Waals surface area (Å²) in [6.45, 7) is 0.349. The third-order valence-corrected chi connectivity index (χ3v) is 3.79. The van der Waals surface area contributed by atoms with Crippen LogP contribution in [0.1, 0.15) is 5.56 Å². The predicted octanol–water partition coefficient (Wildman–Crippen LogP) is 2.51. The summed E-state index contributed by atoms with van der Waals surface area (Å²) in [6.07, 6.45) is 5.55. The molecule has 0 saturated carbocycles. The van der Waals surface area contributed by atoms with Crippen LogP contribution < -0.4 is 10.6 Å². The Morgan fingerprint density at radius 3 is 2.71 bits per heavy atom. The molecule has 0 aliphatic heterocycles. The van der Waals surface area contributed by atoms with E-state index in [1.807, 2.05) is 24.4 Å². The van der Waals surface area contributed by atoms with E-state index < -0.39 is 11.8 Å². The van der Waals surface area contributed by atoms with Crippen molar-refractivity contribution < 1.29 is 9.59 Å². The SMILES string of the molecule is O=C(NCCc1c[nH]c2ccc(Cl)cc12)C(=O)Nc1ccncc1. The van der Waals surface area contributed by atoms with Crippen molar-refractivity contribution in [2.24, 2.45) is 0 Å². The van der Waals surface area contributed by atoms with Gasteiger partial charge in [-0.3, -0.25) is 14.6 Å². The van der Waals surface area contributed by atoms with Gasteiger partial charge >= 0.3 is 11.8 Å². The van der Waals surface area contributed by atoms with Gasteiger partial charge < -0.3 is 15.6 Å². The van der Waals surface area contributed by atoms with Crippen molar-refractivity contribution in [3.05, 3.63) is 59.5 Å². The van der Waals surface area contributed by atoms with E-state index in [1.165, 1.54) is 12.4 Å². The summed E-state index contributed by atoms with van der Waals surface area (Å²) >= 11 is 6.01. The molecule has 0 aliphatic rings. The van der Waals surface area contributed by atoms with Gasteiger partial charge in [-0.2, -0.15) is 0 Å². The van der Waals surface area contributed by atoms with Gasteiger partial charge in [-0.05, 0) is 42.3 Å². The number of hydrogen-bond acceptors (Lipinski definition) is 3. The maximum absolute atomic E-state index is 11.8. The van der Waals surface area contributed by atoms with Crippen LogP contribution in [0.4, 0.5) is 5.69 Å². The summed E-state index contributed by atoms with van der Waals surface area (Å²) in [5.41, 5.74) is 2.54. The van der Waals surface area contributed by atoms with Crippen molar-refractivity contribution in [2.75, 3.05) is 11.9 Å². The average Bonchev–Trinajstić information content (AvgIpc) is 2.98. The van der Waals surface area contributed by atoms with E-state index in [-0.39, 0.29) is 0 Å². The van der Waals surface area contributed by atoms with Gasteiger partial charge in [0.15, 0.2) is 0 Å². The van der Waals surface area contributed by atoms with Crippen LogP contribution in [-0.2, 0) is 16.0 Å². The van der Waals surface area contributed by atoms with Gasteiger partial charge in [0.2, 0.25) is 0 Å². The standard InChI is InChI=1S/C17H15ClN4O2/c18-12-1-2-15-14(9-12)11(10-21-15)3-8-20-16(23)17(24)22-13-4-6-19-7-5-13/h1-2,4-7,9-10,21H,3,8H2,(H,20,23)(H,19,22,24). The van der Waals surface area contributed by atoms with Gasteiger partial charge in [0.1, 0.15) is 0 Å². The molecular weight excluding hydrogens is 328 g/mol. The number of carbonyl (C=O) groups excluding carboxylic acids is 2. The molecule has 2 aromatic heterocycles. The van der Waals surface area contributed by atoms with Crippen molar-refractivity contribution in [3.63, 3.8) is 0 Å². The molecule has 3 aromatic rings. The minimum atomic E-state index is -0.705. The number of pyridine rings is 1. The van der Waals surface area contributed by atoms with Crippen LogP contribution >= 0.6 is 11.6 Å². The zero-order valence-electron chi connectivity index (χ0n) is 12.7. The topological polar surface area (TPSA) is 86.9 Å². The summed E-state index contributed by atoms with van der Waals surface area (Å²) in [5, 5.41) is 6.78. The van der Waals surface area contributed by atoms with Gasteiger partial charge in [-0.1, -0.05) is 11.6 Å². The predicted molar refractivity (Wildman–Crippen MR) is 92.9 cm³/mol. The van der Waals surface area contributed by atoms with Crippen LogP contribution in [0.3, 0.4) is 0 Å². The highest BCUT2D eigenvalue weighted by atomic mass is 35.5. The largest absolute Gasteiger partial charge is 0.361 e. The van der Waals surface area contributed by atoms with E-state index in [0.717, 1.165) is 16.5 Å². The Hall–Kier alpha value is -2.86. The second-order valence-corrected chi connectivity index (χ2v) is 5.64. The average molecular weight is 343 g/mol. The summed E-state index contributed by atoms with van der Waals surface area (Å²) < 4.78 is 0. The maximum Gasteiger partial charge on any atom is 0.313 e. The number of H-pyrrole nitrogens is 1. The van der Waals surface area contributed by atoms with Crippen LogP contribution in [0.5, 0.6) is 0 Å². The number of halogens is 1. The van der Waals surface area contributed by atoms with Gasteiger partial charge in [0, 0.05) is 46.7 Å². The molecule has 1 aromatic carbocycles. The molecule has 2 heterocycles. The molecule has 2 amide bonds.